The fourth-order valence-corrected chi connectivity index (χ4v) is 4.07. The van der Waals surface area contributed by atoms with Gasteiger partial charge >= 0.3 is 18.0 Å². The zero-order valence-corrected chi connectivity index (χ0v) is 17.7. The normalized spacial score (nSPS) is 12.8. The molecule has 0 bridgehead atoms. The van der Waals surface area contributed by atoms with Crippen molar-refractivity contribution >= 4 is 33.7 Å². The predicted molar refractivity (Wildman–Crippen MR) is 111 cm³/mol. The predicted octanol–water partition coefficient (Wildman–Crippen LogP) is 5.76. The van der Waals surface area contributed by atoms with Gasteiger partial charge in [-0.25, -0.2) is 9.78 Å². The fourth-order valence-electron chi connectivity index (χ4n) is 3.92. The molecular weight excluding hydrogens is 474 g/mol. The number of pyridine rings is 1. The van der Waals surface area contributed by atoms with E-state index in [0.29, 0.717) is 21.3 Å². The molecule has 0 N–H and O–H groups in total. The number of imidazole rings is 1. The van der Waals surface area contributed by atoms with Crippen LogP contribution in [0.4, 0.5) is 26.3 Å². The molecule has 5 nitrogen and oxygen atoms in total. The van der Waals surface area contributed by atoms with Gasteiger partial charge in [0.05, 0.1) is 28.6 Å². The Balaban J connectivity index is 1.80. The van der Waals surface area contributed by atoms with Crippen LogP contribution in [0.1, 0.15) is 18.5 Å². The monoisotopic (exact) mass is 490 g/mol. The Morgan fingerprint density at radius 1 is 0.848 bits per heavy atom. The Kier molecular flexibility index (Phi) is 5.94. The lowest BCUT2D eigenvalue weighted by Gasteiger charge is -2.12. The van der Waals surface area contributed by atoms with Gasteiger partial charge in [0.2, 0.25) is 0 Å². The summed E-state index contributed by atoms with van der Waals surface area (Å²) in [6.45, 7) is -1.62. The van der Waals surface area contributed by atoms with E-state index in [1.165, 1.54) is 28.8 Å². The quantitative estimate of drug-likeness (QED) is 0.255. The molecule has 0 atom stereocenters. The summed E-state index contributed by atoms with van der Waals surface area (Å²) in [4.78, 5) is 17.1. The van der Waals surface area contributed by atoms with Crippen molar-refractivity contribution < 1.29 is 26.3 Å². The van der Waals surface area contributed by atoms with Crippen LogP contribution in [-0.4, -0.2) is 31.0 Å². The summed E-state index contributed by atoms with van der Waals surface area (Å²) in [7, 11) is 0. The minimum atomic E-state index is -4.61. The number of fused-ring (bicyclic) bond motifs is 2. The molecule has 0 fully saturated rings. The summed E-state index contributed by atoms with van der Waals surface area (Å²) >= 11 is 5.94. The summed E-state index contributed by atoms with van der Waals surface area (Å²) in [6, 6.07) is 10.7. The molecule has 33 heavy (non-hydrogen) atoms. The van der Waals surface area contributed by atoms with Gasteiger partial charge in [0.25, 0.3) is 0 Å². The molecule has 1 aromatic carbocycles. The first-order chi connectivity index (χ1) is 15.4. The van der Waals surface area contributed by atoms with Gasteiger partial charge in [-0.2, -0.15) is 26.3 Å². The maximum absolute atomic E-state index is 13.1. The smallest absolute Gasteiger partial charge is 0.342 e. The van der Waals surface area contributed by atoms with Gasteiger partial charge in [0, 0.05) is 18.7 Å². The van der Waals surface area contributed by atoms with Crippen molar-refractivity contribution in [3.8, 4) is 0 Å². The number of rotatable bonds is 6. The van der Waals surface area contributed by atoms with Gasteiger partial charge < -0.3 is 4.57 Å². The number of hydrogen-bond acceptors (Lipinski definition) is 2. The van der Waals surface area contributed by atoms with Crippen LogP contribution >= 0.6 is 11.6 Å². The van der Waals surface area contributed by atoms with Crippen molar-refractivity contribution in [2.75, 3.05) is 0 Å². The Morgan fingerprint density at radius 2 is 1.52 bits per heavy atom. The van der Waals surface area contributed by atoms with E-state index in [-0.39, 0.29) is 35.7 Å². The average molecular weight is 491 g/mol. The highest BCUT2D eigenvalue weighted by Gasteiger charge is 2.31. The molecule has 3 aromatic heterocycles. The van der Waals surface area contributed by atoms with E-state index in [1.54, 1.807) is 22.8 Å². The van der Waals surface area contributed by atoms with Crippen LogP contribution in [0.5, 0.6) is 0 Å². The second-order valence-corrected chi connectivity index (χ2v) is 7.99. The molecule has 4 aromatic rings. The van der Waals surface area contributed by atoms with Gasteiger partial charge in [-0.15, -0.1) is 0 Å². The number of para-hydroxylation sites is 2. The lowest BCUT2D eigenvalue weighted by Crippen LogP contribution is -2.30. The van der Waals surface area contributed by atoms with Crippen LogP contribution in [0.3, 0.4) is 0 Å². The Labute approximate surface area is 187 Å². The molecule has 3 heterocycles. The van der Waals surface area contributed by atoms with E-state index < -0.39 is 31.0 Å². The third-order valence-corrected chi connectivity index (χ3v) is 5.44. The first-order valence-corrected chi connectivity index (χ1v) is 10.3. The van der Waals surface area contributed by atoms with Gasteiger partial charge in [0.15, 0.2) is 0 Å². The topological polar surface area (TPSA) is 44.8 Å². The lowest BCUT2D eigenvalue weighted by atomic mass is 10.3. The summed E-state index contributed by atoms with van der Waals surface area (Å²) in [6.07, 6.45) is -10.1. The molecule has 0 saturated heterocycles. The molecular formula is C21H17ClF6N4O. The number of aromatic nitrogens is 4. The molecule has 0 saturated carbocycles. The summed E-state index contributed by atoms with van der Waals surface area (Å²) in [5, 5.41) is 0.181. The third kappa shape index (κ3) is 5.02. The number of nitrogens with zero attached hydrogens (tertiary/aromatic N) is 4. The summed E-state index contributed by atoms with van der Waals surface area (Å²) in [5.41, 5.74) is 0.886. The number of hydrogen-bond donors (Lipinski definition) is 0. The first kappa shape index (κ1) is 23.2. The average Bonchev–Trinajstić information content (AvgIpc) is 3.16. The minimum absolute atomic E-state index is 0.0163. The van der Waals surface area contributed by atoms with Crippen LogP contribution in [0.2, 0.25) is 5.15 Å². The molecule has 176 valence electrons. The van der Waals surface area contributed by atoms with Crippen molar-refractivity contribution in [1.29, 1.82) is 0 Å². The number of halogens is 7. The molecule has 0 amide bonds. The maximum Gasteiger partial charge on any atom is 0.406 e. The highest BCUT2D eigenvalue weighted by atomic mass is 35.5. The highest BCUT2D eigenvalue weighted by Crippen LogP contribution is 2.26. The fraction of sp³-hybridized carbons (Fsp3) is 0.333. The van der Waals surface area contributed by atoms with Crippen LogP contribution < -0.4 is 5.69 Å². The molecule has 12 heteroatoms. The molecule has 0 aliphatic rings. The van der Waals surface area contributed by atoms with E-state index in [0.717, 1.165) is 0 Å². The standard InChI is InChI=1S/C21H17ClF6N4O/c22-18-7-6-15-14(29-18)10-13(30(15)9-3-8-20(23,24)25)11-31-16-4-1-2-5-17(16)32(19(31)33)12-21(26,27)28/h1-2,4-7,10H,3,8-9,11-12H2. The lowest BCUT2D eigenvalue weighted by molar-refractivity contribution is -0.140. The van der Waals surface area contributed by atoms with E-state index >= 15 is 0 Å². The SMILES string of the molecule is O=c1n(Cc2cc3nc(Cl)ccc3n2CCCC(F)(F)F)c2ccccc2n1CC(F)(F)F. The largest absolute Gasteiger partial charge is 0.406 e. The molecule has 0 spiro atoms. The van der Waals surface area contributed by atoms with Gasteiger partial charge in [-0.3, -0.25) is 9.13 Å². The summed E-state index contributed by atoms with van der Waals surface area (Å²) in [5.74, 6) is 0. The zero-order valence-electron chi connectivity index (χ0n) is 16.9. The van der Waals surface area contributed by atoms with Crippen molar-refractivity contribution in [2.45, 2.75) is 44.8 Å². The number of aryl methyl sites for hydroxylation is 1. The second-order valence-electron chi connectivity index (χ2n) is 7.60. The van der Waals surface area contributed by atoms with Crippen LogP contribution in [0.15, 0.2) is 47.3 Å². The number of alkyl halides is 6. The number of benzene rings is 1. The van der Waals surface area contributed by atoms with E-state index in [2.05, 4.69) is 4.98 Å². The molecule has 0 aliphatic carbocycles. The zero-order chi connectivity index (χ0) is 24.0. The molecule has 0 unspecified atom stereocenters. The van der Waals surface area contributed by atoms with Gasteiger partial charge in [0.1, 0.15) is 11.7 Å². The van der Waals surface area contributed by atoms with Gasteiger partial charge in [-0.05, 0) is 36.8 Å². The van der Waals surface area contributed by atoms with Crippen molar-refractivity contribution in [3.63, 3.8) is 0 Å². The van der Waals surface area contributed by atoms with Crippen LogP contribution in [0, 0.1) is 0 Å². The third-order valence-electron chi connectivity index (χ3n) is 5.23. The first-order valence-electron chi connectivity index (χ1n) is 9.89. The molecule has 0 radical (unpaired) electrons. The van der Waals surface area contributed by atoms with Crippen molar-refractivity contribution in [3.05, 3.63) is 63.8 Å². The van der Waals surface area contributed by atoms with E-state index in [4.69, 9.17) is 11.6 Å². The molecule has 0 aliphatic heterocycles. The minimum Gasteiger partial charge on any atom is -0.342 e. The van der Waals surface area contributed by atoms with E-state index in [9.17, 15) is 31.1 Å². The Morgan fingerprint density at radius 3 is 2.15 bits per heavy atom. The van der Waals surface area contributed by atoms with Gasteiger partial charge in [-0.1, -0.05) is 23.7 Å². The van der Waals surface area contributed by atoms with Crippen LogP contribution in [-0.2, 0) is 19.6 Å². The Bertz CT molecular complexity index is 1370. The van der Waals surface area contributed by atoms with Crippen molar-refractivity contribution in [2.24, 2.45) is 0 Å². The van der Waals surface area contributed by atoms with Crippen molar-refractivity contribution in [1.82, 2.24) is 18.7 Å². The second kappa shape index (κ2) is 8.44. The summed E-state index contributed by atoms with van der Waals surface area (Å²) < 4.78 is 80.7. The Hall–Kier alpha value is -2.95. The maximum atomic E-state index is 13.1. The molecule has 4 rings (SSSR count). The van der Waals surface area contributed by atoms with E-state index in [1.807, 2.05) is 0 Å². The highest BCUT2D eigenvalue weighted by molar-refractivity contribution is 6.29. The van der Waals surface area contributed by atoms with Crippen LogP contribution in [0.25, 0.3) is 22.1 Å².